The van der Waals surface area contributed by atoms with Gasteiger partial charge in [-0.3, -0.25) is 0 Å². The second-order valence-corrected chi connectivity index (χ2v) is 4.79. The molecule has 0 aliphatic carbocycles. The van der Waals surface area contributed by atoms with Gasteiger partial charge in [0.1, 0.15) is 12.0 Å². The first-order valence-electron chi connectivity index (χ1n) is 5.77. The van der Waals surface area contributed by atoms with Gasteiger partial charge in [-0.25, -0.2) is 0 Å². The average Bonchev–Trinajstić information content (AvgIpc) is 2.27. The zero-order valence-electron chi connectivity index (χ0n) is 10.3. The Morgan fingerprint density at radius 3 is 2.62 bits per heavy atom. The number of carbonyl (C=O) groups excluding carboxylic acids is 1. The van der Waals surface area contributed by atoms with E-state index < -0.39 is 0 Å². The minimum atomic E-state index is 0.115. The van der Waals surface area contributed by atoms with Crippen LogP contribution in [-0.4, -0.2) is 11.4 Å². The molecular formula is C14H20O2. The van der Waals surface area contributed by atoms with Crippen LogP contribution in [0.1, 0.15) is 44.7 Å². The number of hydrogen-bond acceptors (Lipinski definition) is 2. The van der Waals surface area contributed by atoms with Crippen LogP contribution in [0.2, 0.25) is 0 Å². The number of aryl methyl sites for hydroxylation is 1. The highest BCUT2D eigenvalue weighted by molar-refractivity contribution is 5.51. The monoisotopic (exact) mass is 220 g/mol. The molecule has 88 valence electrons. The van der Waals surface area contributed by atoms with E-state index in [9.17, 15) is 9.90 Å². The summed E-state index contributed by atoms with van der Waals surface area (Å²) in [6, 6.07) is 5.71. The van der Waals surface area contributed by atoms with E-state index in [1.165, 1.54) is 5.56 Å². The van der Waals surface area contributed by atoms with E-state index in [1.54, 1.807) is 6.07 Å². The lowest BCUT2D eigenvalue weighted by molar-refractivity contribution is -0.107. The maximum absolute atomic E-state index is 10.3. The van der Waals surface area contributed by atoms with E-state index in [1.807, 2.05) is 12.1 Å². The Bertz CT molecular complexity index is 367. The predicted molar refractivity (Wildman–Crippen MR) is 65.8 cm³/mol. The first-order valence-corrected chi connectivity index (χ1v) is 5.77. The van der Waals surface area contributed by atoms with Crippen molar-refractivity contribution < 1.29 is 9.90 Å². The third-order valence-electron chi connectivity index (χ3n) is 3.28. The molecule has 0 atom stereocenters. The van der Waals surface area contributed by atoms with Gasteiger partial charge in [-0.2, -0.15) is 0 Å². The van der Waals surface area contributed by atoms with Crippen LogP contribution in [-0.2, 0) is 16.6 Å². The van der Waals surface area contributed by atoms with Crippen LogP contribution < -0.4 is 0 Å². The zero-order valence-corrected chi connectivity index (χ0v) is 10.3. The molecule has 0 spiro atoms. The van der Waals surface area contributed by atoms with Gasteiger partial charge in [0.25, 0.3) is 0 Å². The van der Waals surface area contributed by atoms with Crippen LogP contribution in [0.5, 0.6) is 5.75 Å². The maximum atomic E-state index is 10.3. The van der Waals surface area contributed by atoms with Gasteiger partial charge in [-0.1, -0.05) is 32.9 Å². The highest BCUT2D eigenvalue weighted by Crippen LogP contribution is 2.30. The van der Waals surface area contributed by atoms with Crippen molar-refractivity contribution in [3.8, 4) is 5.75 Å². The topological polar surface area (TPSA) is 37.3 Å². The molecule has 0 aliphatic heterocycles. The van der Waals surface area contributed by atoms with E-state index in [0.717, 1.165) is 18.3 Å². The minimum absolute atomic E-state index is 0.115. The lowest BCUT2D eigenvalue weighted by atomic mass is 9.81. The van der Waals surface area contributed by atoms with E-state index in [0.29, 0.717) is 12.8 Å². The Labute approximate surface area is 97.3 Å². The maximum Gasteiger partial charge on any atom is 0.120 e. The Hall–Kier alpha value is -1.31. The van der Waals surface area contributed by atoms with Crippen molar-refractivity contribution in [1.29, 1.82) is 0 Å². The number of hydrogen-bond donors (Lipinski definition) is 1. The Kier molecular flexibility index (Phi) is 4.11. The standard InChI is InChI=1S/C14H20O2/c1-4-14(2,3)12-7-8-13(16)11(10-12)6-5-9-15/h7-10,16H,4-6H2,1-3H3. The predicted octanol–water partition coefficient (Wildman–Crippen LogP) is 3.21. The van der Waals surface area contributed by atoms with Crippen molar-refractivity contribution in [2.24, 2.45) is 0 Å². The normalized spacial score (nSPS) is 11.4. The number of rotatable bonds is 5. The molecular weight excluding hydrogens is 200 g/mol. The summed E-state index contributed by atoms with van der Waals surface area (Å²) in [5.74, 6) is 0.289. The summed E-state index contributed by atoms with van der Waals surface area (Å²) in [6.07, 6.45) is 3.01. The smallest absolute Gasteiger partial charge is 0.120 e. The zero-order chi connectivity index (χ0) is 12.2. The van der Waals surface area contributed by atoms with Gasteiger partial charge in [0.2, 0.25) is 0 Å². The van der Waals surface area contributed by atoms with E-state index in [-0.39, 0.29) is 11.2 Å². The first-order chi connectivity index (χ1) is 7.51. The molecule has 16 heavy (non-hydrogen) atoms. The van der Waals surface area contributed by atoms with Crippen molar-refractivity contribution in [2.75, 3.05) is 0 Å². The lowest BCUT2D eigenvalue weighted by Gasteiger charge is -2.24. The minimum Gasteiger partial charge on any atom is -0.508 e. The van der Waals surface area contributed by atoms with Gasteiger partial charge in [0.15, 0.2) is 0 Å². The third-order valence-corrected chi connectivity index (χ3v) is 3.28. The van der Waals surface area contributed by atoms with Crippen LogP contribution in [0.25, 0.3) is 0 Å². The Morgan fingerprint density at radius 2 is 2.06 bits per heavy atom. The van der Waals surface area contributed by atoms with Gasteiger partial charge >= 0.3 is 0 Å². The molecule has 0 bridgehead atoms. The molecule has 0 aromatic heterocycles. The fraction of sp³-hybridized carbons (Fsp3) is 0.500. The van der Waals surface area contributed by atoms with Crippen LogP contribution in [0, 0.1) is 0 Å². The average molecular weight is 220 g/mol. The van der Waals surface area contributed by atoms with Crippen molar-refractivity contribution >= 4 is 6.29 Å². The van der Waals surface area contributed by atoms with Gasteiger partial charge in [-0.15, -0.1) is 0 Å². The van der Waals surface area contributed by atoms with Crippen LogP contribution in [0.4, 0.5) is 0 Å². The number of phenolic OH excluding ortho intramolecular Hbond substituents is 1. The quantitative estimate of drug-likeness (QED) is 0.774. The summed E-state index contributed by atoms with van der Waals surface area (Å²) < 4.78 is 0. The number of benzene rings is 1. The number of aromatic hydroxyl groups is 1. The summed E-state index contributed by atoms with van der Waals surface area (Å²) in [5.41, 5.74) is 2.20. The number of aldehydes is 1. The van der Waals surface area contributed by atoms with Crippen molar-refractivity contribution in [3.05, 3.63) is 29.3 Å². The molecule has 0 fully saturated rings. The molecule has 2 heteroatoms. The molecule has 2 nitrogen and oxygen atoms in total. The largest absolute Gasteiger partial charge is 0.508 e. The van der Waals surface area contributed by atoms with Crippen molar-refractivity contribution in [1.82, 2.24) is 0 Å². The molecule has 0 saturated carbocycles. The van der Waals surface area contributed by atoms with E-state index >= 15 is 0 Å². The second kappa shape index (κ2) is 5.15. The molecule has 1 aromatic rings. The van der Waals surface area contributed by atoms with Gasteiger partial charge in [0, 0.05) is 6.42 Å². The fourth-order valence-electron chi connectivity index (χ4n) is 1.63. The molecule has 0 amide bonds. The van der Waals surface area contributed by atoms with Crippen LogP contribution in [0.15, 0.2) is 18.2 Å². The molecule has 1 rings (SSSR count). The summed E-state index contributed by atoms with van der Waals surface area (Å²) in [6.45, 7) is 6.52. The summed E-state index contributed by atoms with van der Waals surface area (Å²) in [5, 5.41) is 9.68. The highest BCUT2D eigenvalue weighted by Gasteiger charge is 2.18. The molecule has 0 unspecified atom stereocenters. The molecule has 1 N–H and O–H groups in total. The number of phenols is 1. The Balaban J connectivity index is 3.02. The Morgan fingerprint density at radius 1 is 1.38 bits per heavy atom. The lowest BCUT2D eigenvalue weighted by Crippen LogP contribution is -2.15. The molecule has 0 aliphatic rings. The van der Waals surface area contributed by atoms with Gasteiger partial charge in [0.05, 0.1) is 0 Å². The van der Waals surface area contributed by atoms with E-state index in [2.05, 4.69) is 20.8 Å². The number of carbonyl (C=O) groups is 1. The molecule has 0 heterocycles. The van der Waals surface area contributed by atoms with Crippen LogP contribution in [0.3, 0.4) is 0 Å². The van der Waals surface area contributed by atoms with Crippen molar-refractivity contribution in [2.45, 2.75) is 45.4 Å². The second-order valence-electron chi connectivity index (χ2n) is 4.79. The van der Waals surface area contributed by atoms with E-state index in [4.69, 9.17) is 0 Å². The molecule has 0 radical (unpaired) electrons. The van der Waals surface area contributed by atoms with Gasteiger partial charge in [-0.05, 0) is 35.4 Å². The fourth-order valence-corrected chi connectivity index (χ4v) is 1.63. The SMILES string of the molecule is CCC(C)(C)c1ccc(O)c(CCC=O)c1. The summed E-state index contributed by atoms with van der Waals surface area (Å²) in [4.78, 5) is 10.3. The molecule has 1 aromatic carbocycles. The first kappa shape index (κ1) is 12.8. The van der Waals surface area contributed by atoms with Crippen LogP contribution >= 0.6 is 0 Å². The van der Waals surface area contributed by atoms with Crippen molar-refractivity contribution in [3.63, 3.8) is 0 Å². The highest BCUT2D eigenvalue weighted by atomic mass is 16.3. The van der Waals surface area contributed by atoms with Gasteiger partial charge < -0.3 is 9.90 Å². The summed E-state index contributed by atoms with van der Waals surface area (Å²) >= 11 is 0. The summed E-state index contributed by atoms with van der Waals surface area (Å²) in [7, 11) is 0. The molecule has 0 saturated heterocycles. The third kappa shape index (κ3) is 2.84.